The molecule has 4 heteroatoms. The van der Waals surface area contributed by atoms with Gasteiger partial charge in [0.1, 0.15) is 5.69 Å². The van der Waals surface area contributed by atoms with Crippen molar-refractivity contribution < 1.29 is 4.52 Å². The van der Waals surface area contributed by atoms with Crippen LogP contribution in [0.25, 0.3) is 21.7 Å². The molecule has 19 heavy (non-hydrogen) atoms. The summed E-state index contributed by atoms with van der Waals surface area (Å²) < 4.78 is 5.21. The summed E-state index contributed by atoms with van der Waals surface area (Å²) in [6.07, 6.45) is 0.972. The second kappa shape index (κ2) is 4.90. The van der Waals surface area contributed by atoms with E-state index in [0.717, 1.165) is 28.1 Å². The molecule has 2 aromatic heterocycles. The van der Waals surface area contributed by atoms with Gasteiger partial charge in [-0.2, -0.15) is 0 Å². The Morgan fingerprint density at radius 2 is 2.00 bits per heavy atom. The third-order valence-corrected chi connectivity index (χ3v) is 4.09. The Hall–Kier alpha value is -2.07. The maximum absolute atomic E-state index is 5.95. The van der Waals surface area contributed by atoms with Crippen LogP contribution in [0.5, 0.6) is 0 Å². The van der Waals surface area contributed by atoms with Crippen molar-refractivity contribution in [2.75, 3.05) is 5.73 Å². The molecule has 3 nitrogen and oxygen atoms in total. The molecule has 0 atom stereocenters. The van der Waals surface area contributed by atoms with Crippen LogP contribution in [0.2, 0.25) is 0 Å². The van der Waals surface area contributed by atoms with Gasteiger partial charge in [-0.05, 0) is 29.0 Å². The molecule has 0 aliphatic rings. The van der Waals surface area contributed by atoms with Gasteiger partial charge in [-0.3, -0.25) is 0 Å². The molecule has 0 spiro atoms. The highest BCUT2D eigenvalue weighted by atomic mass is 32.1. The molecule has 0 radical (unpaired) electrons. The molecular weight excluding hydrogens is 256 g/mol. The molecule has 0 bridgehead atoms. The Kier molecular flexibility index (Phi) is 3.09. The van der Waals surface area contributed by atoms with Crippen LogP contribution in [0.4, 0.5) is 5.88 Å². The minimum absolute atomic E-state index is 0.372. The van der Waals surface area contributed by atoms with Crippen LogP contribution in [0, 0.1) is 0 Å². The third-order valence-electron chi connectivity index (χ3n) is 3.12. The van der Waals surface area contributed by atoms with Crippen molar-refractivity contribution in [1.29, 1.82) is 0 Å². The molecule has 0 saturated heterocycles. The fourth-order valence-electron chi connectivity index (χ4n) is 2.16. The molecule has 3 aromatic rings. The summed E-state index contributed by atoms with van der Waals surface area (Å²) in [5.74, 6) is 0.372. The average molecular weight is 270 g/mol. The van der Waals surface area contributed by atoms with Crippen molar-refractivity contribution in [2.45, 2.75) is 13.3 Å². The first-order valence-electron chi connectivity index (χ1n) is 6.18. The molecule has 0 aliphatic carbocycles. The van der Waals surface area contributed by atoms with Gasteiger partial charge in [0.15, 0.2) is 0 Å². The third kappa shape index (κ3) is 2.04. The van der Waals surface area contributed by atoms with Crippen molar-refractivity contribution in [2.24, 2.45) is 0 Å². The van der Waals surface area contributed by atoms with E-state index in [9.17, 15) is 0 Å². The number of nitrogens with zero attached hydrogens (tertiary/aromatic N) is 1. The number of rotatable bonds is 3. The summed E-state index contributed by atoms with van der Waals surface area (Å²) in [4.78, 5) is 1.14. The van der Waals surface area contributed by atoms with Gasteiger partial charge in [0, 0.05) is 0 Å². The zero-order chi connectivity index (χ0) is 13.2. The van der Waals surface area contributed by atoms with Gasteiger partial charge < -0.3 is 10.3 Å². The number of aromatic nitrogens is 1. The van der Waals surface area contributed by atoms with Crippen LogP contribution in [0.3, 0.4) is 0 Å². The lowest BCUT2D eigenvalue weighted by atomic mass is 10.0. The number of benzene rings is 1. The summed E-state index contributed by atoms with van der Waals surface area (Å²) in [7, 11) is 0. The van der Waals surface area contributed by atoms with Crippen LogP contribution < -0.4 is 5.73 Å². The van der Waals surface area contributed by atoms with Crippen molar-refractivity contribution in [1.82, 2.24) is 5.16 Å². The van der Waals surface area contributed by atoms with Gasteiger partial charge in [0.05, 0.1) is 10.4 Å². The molecule has 1 aromatic carbocycles. The highest BCUT2D eigenvalue weighted by molar-refractivity contribution is 7.13. The second-order valence-corrected chi connectivity index (χ2v) is 5.18. The van der Waals surface area contributed by atoms with E-state index < -0.39 is 0 Å². The van der Waals surface area contributed by atoms with E-state index in [1.807, 2.05) is 30.3 Å². The van der Waals surface area contributed by atoms with Crippen LogP contribution in [-0.2, 0) is 6.42 Å². The number of thiophene rings is 1. The van der Waals surface area contributed by atoms with Crippen LogP contribution in [-0.4, -0.2) is 5.16 Å². The number of anilines is 1. The Balaban J connectivity index is 2.20. The topological polar surface area (TPSA) is 52.0 Å². The first-order chi connectivity index (χ1) is 9.31. The number of hydrogen-bond acceptors (Lipinski definition) is 4. The first-order valence-corrected chi connectivity index (χ1v) is 7.06. The predicted octanol–water partition coefficient (Wildman–Crippen LogP) is 4.21. The van der Waals surface area contributed by atoms with E-state index in [4.69, 9.17) is 10.3 Å². The SMILES string of the molecule is CCc1ccsc1-c1noc(N)c1-c1ccccc1. The number of hydrogen-bond donors (Lipinski definition) is 1. The monoisotopic (exact) mass is 270 g/mol. The molecule has 3 rings (SSSR count). The van der Waals surface area contributed by atoms with Crippen molar-refractivity contribution in [3.8, 4) is 21.7 Å². The second-order valence-electron chi connectivity index (χ2n) is 4.26. The van der Waals surface area contributed by atoms with E-state index in [1.54, 1.807) is 11.3 Å². The lowest BCUT2D eigenvalue weighted by molar-refractivity contribution is 0.439. The van der Waals surface area contributed by atoms with E-state index >= 15 is 0 Å². The molecule has 0 unspecified atom stereocenters. The van der Waals surface area contributed by atoms with Gasteiger partial charge in [-0.1, -0.05) is 42.4 Å². The fraction of sp³-hybridized carbons (Fsp3) is 0.133. The van der Waals surface area contributed by atoms with E-state index in [0.29, 0.717) is 5.88 Å². The zero-order valence-electron chi connectivity index (χ0n) is 10.6. The molecule has 0 saturated carbocycles. The van der Waals surface area contributed by atoms with Crippen molar-refractivity contribution in [3.05, 3.63) is 47.3 Å². The molecule has 0 amide bonds. The van der Waals surface area contributed by atoms with Gasteiger partial charge in [0.2, 0.25) is 5.88 Å². The maximum atomic E-state index is 5.95. The maximum Gasteiger partial charge on any atom is 0.230 e. The van der Waals surface area contributed by atoms with E-state index in [2.05, 4.69) is 23.5 Å². The van der Waals surface area contributed by atoms with Crippen molar-refractivity contribution >= 4 is 17.2 Å². The number of nitrogen functional groups attached to an aromatic ring is 1. The van der Waals surface area contributed by atoms with E-state index in [1.165, 1.54) is 5.56 Å². The molecule has 0 fully saturated rings. The molecule has 96 valence electrons. The number of nitrogens with two attached hydrogens (primary N) is 1. The molecule has 2 heterocycles. The van der Waals surface area contributed by atoms with E-state index in [-0.39, 0.29) is 0 Å². The predicted molar refractivity (Wildman–Crippen MR) is 79.0 cm³/mol. The highest BCUT2D eigenvalue weighted by Gasteiger charge is 2.19. The van der Waals surface area contributed by atoms with Crippen molar-refractivity contribution in [3.63, 3.8) is 0 Å². The number of aryl methyl sites for hydroxylation is 1. The largest absolute Gasteiger partial charge is 0.367 e. The van der Waals surface area contributed by atoms with Gasteiger partial charge >= 0.3 is 0 Å². The van der Waals surface area contributed by atoms with Crippen LogP contribution >= 0.6 is 11.3 Å². The Morgan fingerprint density at radius 1 is 1.21 bits per heavy atom. The summed E-state index contributed by atoms with van der Waals surface area (Å²) in [5.41, 5.74) is 9.98. The summed E-state index contributed by atoms with van der Waals surface area (Å²) >= 11 is 1.67. The van der Waals surface area contributed by atoms with Gasteiger partial charge in [-0.15, -0.1) is 11.3 Å². The Morgan fingerprint density at radius 3 is 2.74 bits per heavy atom. The fourth-order valence-corrected chi connectivity index (χ4v) is 3.15. The zero-order valence-corrected chi connectivity index (χ0v) is 11.4. The van der Waals surface area contributed by atoms with Crippen LogP contribution in [0.1, 0.15) is 12.5 Å². The Labute approximate surface area is 115 Å². The smallest absolute Gasteiger partial charge is 0.230 e. The minimum atomic E-state index is 0.372. The Bertz CT molecular complexity index is 685. The molecular formula is C15H14N2OS. The summed E-state index contributed by atoms with van der Waals surface area (Å²) in [6.45, 7) is 2.14. The molecule has 2 N–H and O–H groups in total. The minimum Gasteiger partial charge on any atom is -0.367 e. The van der Waals surface area contributed by atoms with Gasteiger partial charge in [-0.25, -0.2) is 0 Å². The first kappa shape index (κ1) is 12.0. The lowest BCUT2D eigenvalue weighted by Gasteiger charge is -2.02. The summed E-state index contributed by atoms with van der Waals surface area (Å²) in [6, 6.07) is 12.1. The summed E-state index contributed by atoms with van der Waals surface area (Å²) in [5, 5.41) is 6.23. The normalized spacial score (nSPS) is 10.8. The lowest BCUT2D eigenvalue weighted by Crippen LogP contribution is -1.88. The highest BCUT2D eigenvalue weighted by Crippen LogP contribution is 2.39. The quantitative estimate of drug-likeness (QED) is 0.775. The average Bonchev–Trinajstić information content (AvgIpc) is 3.05. The van der Waals surface area contributed by atoms with Gasteiger partial charge in [0.25, 0.3) is 0 Å². The molecule has 0 aliphatic heterocycles. The standard InChI is InChI=1S/C15H14N2OS/c1-2-10-8-9-19-14(10)13-12(15(16)18-17-13)11-6-4-3-5-7-11/h3-9H,2,16H2,1H3. The van der Waals surface area contributed by atoms with Crippen LogP contribution in [0.15, 0.2) is 46.3 Å².